The number of H-pyrrole nitrogens is 1. The minimum Gasteiger partial charge on any atom is -0.314 e. The molecular weight excluding hydrogens is 192 g/mol. The number of hydrogen-bond donors (Lipinski definition) is 2. The fraction of sp³-hybridized carbons (Fsp3) is 0.700. The number of nitrogens with one attached hydrogen (secondary N) is 2. The lowest BCUT2D eigenvalue weighted by molar-refractivity contribution is 0.231. The fourth-order valence-electron chi connectivity index (χ4n) is 1.94. The molecule has 0 unspecified atom stereocenters. The first kappa shape index (κ1) is 10.4. The third-order valence-corrected chi connectivity index (χ3v) is 2.92. The summed E-state index contributed by atoms with van der Waals surface area (Å²) in [6.45, 7) is 7.97. The summed E-state index contributed by atoms with van der Waals surface area (Å²) in [5.74, 6) is 0. The number of hydrogen-bond acceptors (Lipinski definition) is 3. The molecule has 1 aliphatic heterocycles. The summed E-state index contributed by atoms with van der Waals surface area (Å²) in [4.78, 5) is 16.5. The Hall–Kier alpha value is -1.07. The maximum atomic E-state index is 11.4. The topological polar surface area (TPSA) is 53.1 Å². The average Bonchev–Trinajstić information content (AvgIpc) is 2.58. The van der Waals surface area contributed by atoms with Gasteiger partial charge in [-0.2, -0.15) is 0 Å². The summed E-state index contributed by atoms with van der Waals surface area (Å²) in [5, 5.41) is 3.31. The van der Waals surface area contributed by atoms with Gasteiger partial charge in [-0.25, -0.2) is 4.79 Å². The molecule has 84 valence electrons. The number of piperazine rings is 1. The van der Waals surface area contributed by atoms with Crippen molar-refractivity contribution in [2.45, 2.75) is 13.5 Å². The van der Waals surface area contributed by atoms with E-state index < -0.39 is 0 Å². The molecule has 5 heteroatoms. The first-order valence-corrected chi connectivity index (χ1v) is 5.45. The summed E-state index contributed by atoms with van der Waals surface area (Å²) in [5.41, 5.74) is 1.01. The predicted octanol–water partition coefficient (Wildman–Crippen LogP) is -0.610. The largest absolute Gasteiger partial charge is 0.325 e. The van der Waals surface area contributed by atoms with Gasteiger partial charge in [0, 0.05) is 51.2 Å². The molecule has 0 spiro atoms. The van der Waals surface area contributed by atoms with Gasteiger partial charge in [-0.1, -0.05) is 0 Å². The van der Waals surface area contributed by atoms with Crippen molar-refractivity contribution in [2.75, 3.05) is 32.7 Å². The summed E-state index contributed by atoms with van der Waals surface area (Å²) in [7, 11) is 0. The minimum atomic E-state index is 0.00244. The van der Waals surface area contributed by atoms with Crippen LogP contribution in [0, 0.1) is 6.92 Å². The highest BCUT2D eigenvalue weighted by atomic mass is 16.1. The molecule has 1 aromatic heterocycles. The van der Waals surface area contributed by atoms with Crippen LogP contribution in [0.25, 0.3) is 0 Å². The Bertz CT molecular complexity index is 362. The van der Waals surface area contributed by atoms with E-state index in [4.69, 9.17) is 0 Å². The monoisotopic (exact) mass is 210 g/mol. The van der Waals surface area contributed by atoms with E-state index in [-0.39, 0.29) is 5.69 Å². The van der Waals surface area contributed by atoms with Crippen LogP contribution in [0.5, 0.6) is 0 Å². The van der Waals surface area contributed by atoms with E-state index in [2.05, 4.69) is 15.2 Å². The van der Waals surface area contributed by atoms with Crippen molar-refractivity contribution in [2.24, 2.45) is 0 Å². The summed E-state index contributed by atoms with van der Waals surface area (Å²) < 4.78 is 1.79. The molecule has 0 atom stereocenters. The van der Waals surface area contributed by atoms with Crippen LogP contribution in [0.1, 0.15) is 5.69 Å². The second kappa shape index (κ2) is 4.63. The van der Waals surface area contributed by atoms with Gasteiger partial charge < -0.3 is 10.3 Å². The lowest BCUT2D eigenvalue weighted by atomic mass is 10.3. The number of rotatable bonds is 3. The number of aryl methyl sites for hydroxylation is 1. The van der Waals surface area contributed by atoms with E-state index in [1.165, 1.54) is 0 Å². The van der Waals surface area contributed by atoms with Crippen LogP contribution in [-0.4, -0.2) is 47.2 Å². The van der Waals surface area contributed by atoms with Gasteiger partial charge in [-0.3, -0.25) is 9.47 Å². The van der Waals surface area contributed by atoms with Gasteiger partial charge in [-0.05, 0) is 6.92 Å². The lowest BCUT2D eigenvalue weighted by Gasteiger charge is -2.27. The van der Waals surface area contributed by atoms with Gasteiger partial charge in [0.15, 0.2) is 0 Å². The average molecular weight is 210 g/mol. The van der Waals surface area contributed by atoms with Crippen molar-refractivity contribution in [3.05, 3.63) is 22.4 Å². The highest BCUT2D eigenvalue weighted by molar-refractivity contribution is 4.94. The Morgan fingerprint density at radius 1 is 1.33 bits per heavy atom. The highest BCUT2D eigenvalue weighted by Crippen LogP contribution is 1.96. The minimum absolute atomic E-state index is 0.00244. The summed E-state index contributed by atoms with van der Waals surface area (Å²) in [6.07, 6.45) is 1.76. The van der Waals surface area contributed by atoms with Gasteiger partial charge in [0.1, 0.15) is 0 Å². The van der Waals surface area contributed by atoms with E-state index in [0.29, 0.717) is 0 Å². The normalized spacial score (nSPS) is 18.2. The van der Waals surface area contributed by atoms with E-state index in [1.54, 1.807) is 10.8 Å². The maximum Gasteiger partial charge on any atom is 0.325 e. The number of aromatic nitrogens is 2. The SMILES string of the molecule is Cc1c[nH]c(=O)n1CCN1CCNCC1. The molecule has 0 bridgehead atoms. The molecule has 0 aromatic carbocycles. The second-order valence-electron chi connectivity index (χ2n) is 3.98. The Morgan fingerprint density at radius 3 is 2.67 bits per heavy atom. The standard InChI is InChI=1S/C10H18N4O/c1-9-8-12-10(15)14(9)7-6-13-4-2-11-3-5-13/h8,11H,2-7H2,1H3,(H,12,15). The van der Waals surface area contributed by atoms with E-state index in [9.17, 15) is 4.79 Å². The van der Waals surface area contributed by atoms with E-state index >= 15 is 0 Å². The molecular formula is C10H18N4O. The molecule has 1 aliphatic rings. The summed E-state index contributed by atoms with van der Waals surface area (Å²) in [6, 6.07) is 0. The first-order valence-electron chi connectivity index (χ1n) is 5.45. The zero-order chi connectivity index (χ0) is 10.7. The van der Waals surface area contributed by atoms with Crippen molar-refractivity contribution in [3.63, 3.8) is 0 Å². The molecule has 0 radical (unpaired) electrons. The van der Waals surface area contributed by atoms with Gasteiger partial charge in [0.25, 0.3) is 0 Å². The Morgan fingerprint density at radius 2 is 2.07 bits per heavy atom. The molecule has 1 aromatic rings. The zero-order valence-electron chi connectivity index (χ0n) is 9.12. The molecule has 1 fully saturated rings. The van der Waals surface area contributed by atoms with Crippen LogP contribution >= 0.6 is 0 Å². The Kier molecular flexibility index (Phi) is 3.23. The van der Waals surface area contributed by atoms with Crippen LogP contribution in [0.2, 0.25) is 0 Å². The second-order valence-corrected chi connectivity index (χ2v) is 3.98. The zero-order valence-corrected chi connectivity index (χ0v) is 9.12. The molecule has 0 saturated carbocycles. The third-order valence-electron chi connectivity index (χ3n) is 2.92. The van der Waals surface area contributed by atoms with E-state index in [0.717, 1.165) is 45.0 Å². The van der Waals surface area contributed by atoms with Crippen LogP contribution in [0.3, 0.4) is 0 Å². The lowest BCUT2D eigenvalue weighted by Crippen LogP contribution is -2.45. The molecule has 2 rings (SSSR count). The van der Waals surface area contributed by atoms with Gasteiger partial charge in [0.05, 0.1) is 0 Å². The molecule has 0 aliphatic carbocycles. The van der Waals surface area contributed by atoms with Crippen LogP contribution in [0.15, 0.2) is 11.0 Å². The van der Waals surface area contributed by atoms with Crippen LogP contribution < -0.4 is 11.0 Å². The Balaban J connectivity index is 1.89. The number of aromatic amines is 1. The van der Waals surface area contributed by atoms with Crippen molar-refractivity contribution in [1.29, 1.82) is 0 Å². The fourth-order valence-corrected chi connectivity index (χ4v) is 1.94. The first-order chi connectivity index (χ1) is 7.27. The van der Waals surface area contributed by atoms with Gasteiger partial charge in [0.2, 0.25) is 0 Å². The quantitative estimate of drug-likeness (QED) is 0.700. The van der Waals surface area contributed by atoms with Crippen molar-refractivity contribution >= 4 is 0 Å². The number of nitrogens with zero attached hydrogens (tertiary/aromatic N) is 2. The number of imidazole rings is 1. The van der Waals surface area contributed by atoms with Gasteiger partial charge in [-0.15, -0.1) is 0 Å². The van der Waals surface area contributed by atoms with Crippen molar-refractivity contribution in [1.82, 2.24) is 19.8 Å². The van der Waals surface area contributed by atoms with Gasteiger partial charge >= 0.3 is 5.69 Å². The van der Waals surface area contributed by atoms with Crippen LogP contribution in [0.4, 0.5) is 0 Å². The molecule has 5 nitrogen and oxygen atoms in total. The summed E-state index contributed by atoms with van der Waals surface area (Å²) >= 11 is 0. The predicted molar refractivity (Wildman–Crippen MR) is 59.1 cm³/mol. The molecule has 0 amide bonds. The molecule has 1 saturated heterocycles. The molecule has 2 N–H and O–H groups in total. The highest BCUT2D eigenvalue weighted by Gasteiger charge is 2.10. The van der Waals surface area contributed by atoms with Crippen LogP contribution in [-0.2, 0) is 6.54 Å². The maximum absolute atomic E-state index is 11.4. The third kappa shape index (κ3) is 2.49. The van der Waals surface area contributed by atoms with E-state index in [1.807, 2.05) is 6.92 Å². The smallest absolute Gasteiger partial charge is 0.314 e. The Labute approximate surface area is 89.1 Å². The molecule has 2 heterocycles. The van der Waals surface area contributed by atoms with Crippen molar-refractivity contribution < 1.29 is 0 Å². The molecule has 15 heavy (non-hydrogen) atoms. The van der Waals surface area contributed by atoms with Crippen molar-refractivity contribution in [3.8, 4) is 0 Å².